The Morgan fingerprint density at radius 1 is 1.22 bits per heavy atom. The minimum absolute atomic E-state index is 0.0409. The van der Waals surface area contributed by atoms with Gasteiger partial charge in [0.2, 0.25) is 0 Å². The zero-order valence-electron chi connectivity index (χ0n) is 14.3. The molecular formula is C19H27NO3. The molecule has 4 heteroatoms. The van der Waals surface area contributed by atoms with Gasteiger partial charge >= 0.3 is 5.97 Å². The average Bonchev–Trinajstić information content (AvgIpc) is 2.55. The number of methoxy groups -OCH3 is 1. The van der Waals surface area contributed by atoms with Crippen LogP contribution in [0.3, 0.4) is 0 Å². The van der Waals surface area contributed by atoms with Gasteiger partial charge in [-0.15, -0.1) is 0 Å². The third-order valence-corrected chi connectivity index (χ3v) is 4.23. The maximum Gasteiger partial charge on any atom is 0.331 e. The number of carbonyl (C=O) groups excluding carboxylic acids is 1. The molecule has 23 heavy (non-hydrogen) atoms. The van der Waals surface area contributed by atoms with Gasteiger partial charge in [-0.05, 0) is 57.1 Å². The van der Waals surface area contributed by atoms with E-state index < -0.39 is 0 Å². The summed E-state index contributed by atoms with van der Waals surface area (Å²) in [6.45, 7) is 0.972. The third kappa shape index (κ3) is 5.71. The van der Waals surface area contributed by atoms with E-state index in [9.17, 15) is 4.79 Å². The van der Waals surface area contributed by atoms with Gasteiger partial charge in [-0.3, -0.25) is 0 Å². The highest BCUT2D eigenvalue weighted by Gasteiger charge is 2.28. The van der Waals surface area contributed by atoms with E-state index in [1.54, 1.807) is 13.2 Å². The van der Waals surface area contributed by atoms with Crippen LogP contribution in [0.4, 0.5) is 0 Å². The average molecular weight is 317 g/mol. The first-order valence-corrected chi connectivity index (χ1v) is 8.26. The summed E-state index contributed by atoms with van der Waals surface area (Å²) < 4.78 is 10.8. The quantitative estimate of drug-likeness (QED) is 0.595. The Labute approximate surface area is 139 Å². The number of carbonyl (C=O) groups is 1. The molecule has 1 aliphatic carbocycles. The van der Waals surface area contributed by atoms with Crippen LogP contribution >= 0.6 is 0 Å². The van der Waals surface area contributed by atoms with Crippen LogP contribution in [0.1, 0.15) is 31.2 Å². The maximum absolute atomic E-state index is 12.1. The second-order valence-corrected chi connectivity index (χ2v) is 6.39. The molecule has 1 fully saturated rings. The monoisotopic (exact) mass is 317 g/mol. The van der Waals surface area contributed by atoms with E-state index in [1.165, 1.54) is 12.5 Å². The molecule has 2 atom stereocenters. The summed E-state index contributed by atoms with van der Waals surface area (Å²) >= 11 is 0. The lowest BCUT2D eigenvalue weighted by Gasteiger charge is -2.32. The van der Waals surface area contributed by atoms with Crippen LogP contribution in [0.5, 0.6) is 5.75 Å². The fourth-order valence-corrected chi connectivity index (χ4v) is 3.07. The SMILES string of the molecule is COc1ccc(C=CC(=O)OC2CCCCC2CN(C)C)cc1. The fourth-order valence-electron chi connectivity index (χ4n) is 3.07. The maximum atomic E-state index is 12.1. The topological polar surface area (TPSA) is 38.8 Å². The van der Waals surface area contributed by atoms with E-state index in [1.807, 2.05) is 24.3 Å². The van der Waals surface area contributed by atoms with E-state index in [0.29, 0.717) is 5.92 Å². The number of ether oxygens (including phenoxy) is 2. The van der Waals surface area contributed by atoms with Gasteiger partial charge in [0.1, 0.15) is 11.9 Å². The van der Waals surface area contributed by atoms with E-state index in [-0.39, 0.29) is 12.1 Å². The Hall–Kier alpha value is -1.81. The minimum Gasteiger partial charge on any atom is -0.497 e. The van der Waals surface area contributed by atoms with Gasteiger partial charge in [0.25, 0.3) is 0 Å². The summed E-state index contributed by atoms with van der Waals surface area (Å²) in [7, 11) is 5.77. The highest BCUT2D eigenvalue weighted by atomic mass is 16.5. The lowest BCUT2D eigenvalue weighted by Crippen LogP contribution is -2.36. The fraction of sp³-hybridized carbons (Fsp3) is 0.526. The van der Waals surface area contributed by atoms with Gasteiger partial charge < -0.3 is 14.4 Å². The first-order chi connectivity index (χ1) is 11.1. The van der Waals surface area contributed by atoms with E-state index in [0.717, 1.165) is 37.1 Å². The summed E-state index contributed by atoms with van der Waals surface area (Å²) in [6.07, 6.45) is 7.82. The Balaban J connectivity index is 1.90. The van der Waals surface area contributed by atoms with Crippen LogP contribution < -0.4 is 4.74 Å². The van der Waals surface area contributed by atoms with Gasteiger partial charge in [0.15, 0.2) is 0 Å². The molecular weight excluding hydrogens is 290 g/mol. The largest absolute Gasteiger partial charge is 0.497 e. The number of hydrogen-bond donors (Lipinski definition) is 0. The number of nitrogens with zero attached hydrogens (tertiary/aromatic N) is 1. The first kappa shape index (κ1) is 17.5. The van der Waals surface area contributed by atoms with Crippen LogP contribution in [0.25, 0.3) is 6.08 Å². The molecule has 2 unspecified atom stereocenters. The van der Waals surface area contributed by atoms with Crippen molar-refractivity contribution >= 4 is 12.0 Å². The summed E-state index contributed by atoms with van der Waals surface area (Å²) in [5.41, 5.74) is 0.955. The smallest absolute Gasteiger partial charge is 0.331 e. The molecule has 0 saturated heterocycles. The van der Waals surface area contributed by atoms with Crippen molar-refractivity contribution in [1.82, 2.24) is 4.90 Å². The number of hydrogen-bond acceptors (Lipinski definition) is 4. The van der Waals surface area contributed by atoms with Crippen molar-refractivity contribution in [1.29, 1.82) is 0 Å². The summed E-state index contributed by atoms with van der Waals surface area (Å²) in [6, 6.07) is 7.58. The predicted molar refractivity (Wildman–Crippen MR) is 92.4 cm³/mol. The standard InChI is InChI=1S/C19H27NO3/c1-20(2)14-16-6-4-5-7-18(16)23-19(21)13-10-15-8-11-17(22-3)12-9-15/h8-13,16,18H,4-7,14H2,1-3H3. The van der Waals surface area contributed by atoms with Gasteiger partial charge in [-0.1, -0.05) is 18.6 Å². The van der Waals surface area contributed by atoms with Gasteiger partial charge in [0.05, 0.1) is 7.11 Å². The minimum atomic E-state index is -0.253. The van der Waals surface area contributed by atoms with Gasteiger partial charge in [0, 0.05) is 18.5 Å². The molecule has 1 aromatic rings. The summed E-state index contributed by atoms with van der Waals surface area (Å²) in [5.74, 6) is 0.993. The molecule has 0 amide bonds. The van der Waals surface area contributed by atoms with Crippen LogP contribution in [0.15, 0.2) is 30.3 Å². The van der Waals surface area contributed by atoms with Crippen molar-refractivity contribution in [2.75, 3.05) is 27.7 Å². The van der Waals surface area contributed by atoms with Crippen molar-refractivity contribution in [3.8, 4) is 5.75 Å². The van der Waals surface area contributed by atoms with Crippen molar-refractivity contribution < 1.29 is 14.3 Å². The van der Waals surface area contributed by atoms with Crippen molar-refractivity contribution in [2.45, 2.75) is 31.8 Å². The summed E-state index contributed by atoms with van der Waals surface area (Å²) in [5, 5.41) is 0. The van der Waals surface area contributed by atoms with Gasteiger partial charge in [-0.2, -0.15) is 0 Å². The van der Waals surface area contributed by atoms with Crippen molar-refractivity contribution in [3.63, 3.8) is 0 Å². The summed E-state index contributed by atoms with van der Waals surface area (Å²) in [4.78, 5) is 14.3. The molecule has 0 N–H and O–H groups in total. The zero-order chi connectivity index (χ0) is 16.7. The Morgan fingerprint density at radius 2 is 1.91 bits per heavy atom. The molecule has 1 aliphatic rings. The van der Waals surface area contributed by atoms with Crippen LogP contribution in [-0.4, -0.2) is 44.7 Å². The normalized spacial score (nSPS) is 21.6. The molecule has 1 saturated carbocycles. The number of esters is 1. The van der Waals surface area contributed by atoms with E-state index in [4.69, 9.17) is 9.47 Å². The predicted octanol–water partition coefficient (Wildman–Crippen LogP) is 3.37. The molecule has 0 bridgehead atoms. The molecule has 0 radical (unpaired) electrons. The van der Waals surface area contributed by atoms with Crippen LogP contribution in [-0.2, 0) is 9.53 Å². The molecule has 0 aliphatic heterocycles. The molecule has 1 aromatic carbocycles. The second-order valence-electron chi connectivity index (χ2n) is 6.39. The molecule has 0 heterocycles. The highest BCUT2D eigenvalue weighted by Crippen LogP contribution is 2.27. The number of benzene rings is 1. The second kappa shape index (κ2) is 8.73. The molecule has 0 spiro atoms. The highest BCUT2D eigenvalue weighted by molar-refractivity contribution is 5.87. The molecule has 2 rings (SSSR count). The molecule has 4 nitrogen and oxygen atoms in total. The first-order valence-electron chi connectivity index (χ1n) is 8.26. The van der Waals surface area contributed by atoms with Crippen LogP contribution in [0.2, 0.25) is 0 Å². The lowest BCUT2D eigenvalue weighted by molar-refractivity contribution is -0.147. The lowest BCUT2D eigenvalue weighted by atomic mass is 9.86. The van der Waals surface area contributed by atoms with E-state index in [2.05, 4.69) is 19.0 Å². The Morgan fingerprint density at radius 3 is 2.57 bits per heavy atom. The van der Waals surface area contributed by atoms with Crippen molar-refractivity contribution in [2.24, 2.45) is 5.92 Å². The Kier molecular flexibility index (Phi) is 6.66. The Bertz CT molecular complexity index is 522. The number of rotatable bonds is 6. The van der Waals surface area contributed by atoms with Crippen molar-refractivity contribution in [3.05, 3.63) is 35.9 Å². The zero-order valence-corrected chi connectivity index (χ0v) is 14.3. The van der Waals surface area contributed by atoms with Gasteiger partial charge in [-0.25, -0.2) is 4.79 Å². The van der Waals surface area contributed by atoms with Crippen LogP contribution in [0, 0.1) is 5.92 Å². The molecule has 0 aromatic heterocycles. The van der Waals surface area contributed by atoms with E-state index >= 15 is 0 Å². The molecule has 126 valence electrons. The third-order valence-electron chi connectivity index (χ3n) is 4.23.